The highest BCUT2D eigenvalue weighted by molar-refractivity contribution is 9.10. The van der Waals surface area contributed by atoms with Gasteiger partial charge in [0.2, 0.25) is 0 Å². The zero-order valence-electron chi connectivity index (χ0n) is 20.2. The largest absolute Gasteiger partial charge is 0.495 e. The van der Waals surface area contributed by atoms with Crippen LogP contribution in [0.25, 0.3) is 0 Å². The van der Waals surface area contributed by atoms with E-state index in [1.807, 2.05) is 54.6 Å². The van der Waals surface area contributed by atoms with Crippen LogP contribution in [0.3, 0.4) is 0 Å². The molecule has 1 saturated heterocycles. The molecule has 0 unspecified atom stereocenters. The second-order valence-electron chi connectivity index (χ2n) is 10.2. The van der Waals surface area contributed by atoms with Gasteiger partial charge in [-0.2, -0.15) is 0 Å². The van der Waals surface area contributed by atoms with Crippen LogP contribution in [0, 0.1) is 5.92 Å². The first-order valence-electron chi connectivity index (χ1n) is 12.2. The number of likely N-dealkylation sites (tertiary alicyclic amines) is 1. The second kappa shape index (κ2) is 8.73. The minimum atomic E-state index is -2.78. The number of fused-ring (bicyclic) bond motifs is 3. The molecule has 1 saturated carbocycles. The molecule has 37 heavy (non-hydrogen) atoms. The Bertz CT molecular complexity index is 1310. The summed E-state index contributed by atoms with van der Waals surface area (Å²) in [5, 5.41) is 24.8. The first-order valence-corrected chi connectivity index (χ1v) is 13.0. The molecule has 3 aliphatic rings. The molecule has 0 bridgehead atoms. The van der Waals surface area contributed by atoms with Crippen LogP contribution in [0.4, 0.5) is 8.78 Å². The average molecular weight is 573 g/mol. The normalized spacial score (nSPS) is 32.1. The van der Waals surface area contributed by atoms with Crippen molar-refractivity contribution in [1.82, 2.24) is 9.88 Å². The number of alkyl halides is 2. The van der Waals surface area contributed by atoms with E-state index in [9.17, 15) is 19.0 Å². The van der Waals surface area contributed by atoms with E-state index in [0.29, 0.717) is 22.6 Å². The summed E-state index contributed by atoms with van der Waals surface area (Å²) in [5.74, 6) is -3.38. The van der Waals surface area contributed by atoms with Gasteiger partial charge in [0.15, 0.2) is 11.2 Å². The molecule has 3 aromatic rings. The van der Waals surface area contributed by atoms with Crippen LogP contribution in [-0.2, 0) is 11.2 Å². The summed E-state index contributed by atoms with van der Waals surface area (Å²) in [5.41, 5.74) is -1.62. The number of halogens is 3. The molecule has 6 rings (SSSR count). The lowest BCUT2D eigenvalue weighted by Gasteiger charge is -2.41. The minimum absolute atomic E-state index is 0.170. The van der Waals surface area contributed by atoms with Gasteiger partial charge < -0.3 is 19.7 Å². The predicted molar refractivity (Wildman–Crippen MR) is 136 cm³/mol. The summed E-state index contributed by atoms with van der Waals surface area (Å²) in [4.78, 5) is 5.90. The first kappa shape index (κ1) is 24.7. The Kier molecular flexibility index (Phi) is 5.83. The molecule has 9 heteroatoms. The van der Waals surface area contributed by atoms with E-state index >= 15 is 0 Å². The van der Waals surface area contributed by atoms with Crippen molar-refractivity contribution >= 4 is 15.9 Å². The molecule has 2 aromatic carbocycles. The zero-order chi connectivity index (χ0) is 26.0. The van der Waals surface area contributed by atoms with Crippen LogP contribution >= 0.6 is 15.9 Å². The van der Waals surface area contributed by atoms with Gasteiger partial charge in [0, 0.05) is 35.8 Å². The van der Waals surface area contributed by atoms with Crippen LogP contribution in [0.2, 0.25) is 0 Å². The fourth-order valence-electron chi connectivity index (χ4n) is 6.69. The van der Waals surface area contributed by atoms with Crippen LogP contribution < -0.4 is 9.47 Å². The van der Waals surface area contributed by atoms with E-state index in [4.69, 9.17) is 9.47 Å². The van der Waals surface area contributed by atoms with Crippen LogP contribution in [0.1, 0.15) is 29.0 Å². The molecule has 2 fully saturated rings. The molecule has 0 spiro atoms. The Hall–Kier alpha value is -2.59. The molecular formula is C28H27BrF2N2O4. The van der Waals surface area contributed by atoms with Gasteiger partial charge in [-0.25, -0.2) is 8.78 Å². The van der Waals surface area contributed by atoms with Crippen molar-refractivity contribution in [2.45, 2.75) is 35.6 Å². The van der Waals surface area contributed by atoms with Crippen LogP contribution in [0.5, 0.6) is 11.5 Å². The van der Waals surface area contributed by atoms with E-state index < -0.39 is 35.1 Å². The highest BCUT2D eigenvalue weighted by Crippen LogP contribution is 2.69. The lowest BCUT2D eigenvalue weighted by molar-refractivity contribution is -0.152. The molecule has 2 aliphatic heterocycles. The van der Waals surface area contributed by atoms with Gasteiger partial charge in [0.05, 0.1) is 37.7 Å². The van der Waals surface area contributed by atoms with Gasteiger partial charge in [-0.3, -0.25) is 9.88 Å². The third-order valence-corrected chi connectivity index (χ3v) is 8.69. The molecule has 194 valence electrons. The van der Waals surface area contributed by atoms with E-state index in [1.54, 1.807) is 4.90 Å². The van der Waals surface area contributed by atoms with E-state index in [2.05, 4.69) is 20.9 Å². The Morgan fingerprint density at radius 3 is 2.51 bits per heavy atom. The van der Waals surface area contributed by atoms with Crippen molar-refractivity contribution in [2.75, 3.05) is 26.7 Å². The van der Waals surface area contributed by atoms with Gasteiger partial charge >= 0.3 is 0 Å². The number of benzene rings is 2. The van der Waals surface area contributed by atoms with E-state index in [0.717, 1.165) is 10.0 Å². The van der Waals surface area contributed by atoms with Crippen molar-refractivity contribution in [3.63, 3.8) is 0 Å². The number of aliphatic hydroxyl groups excluding tert-OH is 1. The molecule has 6 nitrogen and oxygen atoms in total. The Morgan fingerprint density at radius 1 is 1.14 bits per heavy atom. The van der Waals surface area contributed by atoms with Crippen molar-refractivity contribution in [3.8, 4) is 11.5 Å². The summed E-state index contributed by atoms with van der Waals surface area (Å²) in [6.07, 6.45) is 1.41. The molecular weight excluding hydrogens is 546 g/mol. The predicted octanol–water partition coefficient (Wildman–Crippen LogP) is 4.44. The van der Waals surface area contributed by atoms with Crippen LogP contribution in [0.15, 0.2) is 71.5 Å². The number of hydrogen-bond donors (Lipinski definition) is 2. The molecule has 1 aromatic heterocycles. The molecule has 1 aliphatic carbocycles. The van der Waals surface area contributed by atoms with Gasteiger partial charge in [0.25, 0.3) is 5.92 Å². The standard InChI is InChI=1S/C28H27BrF2N2O4/c1-36-21-13-32-14-22-24(21)27(35)25(34)20(15-33-12-11-26(30,31)16-33)23(17-5-3-2-4-6-17)28(27,37-22)18-7-9-19(29)10-8-18/h2-10,13-14,20,23,25,34-35H,11-12,15-16H2,1H3/t20-,23-,25-,27+,28+/m1/s1. The van der Waals surface area contributed by atoms with Crippen molar-refractivity contribution < 1.29 is 28.5 Å². The number of nitrogens with zero attached hydrogens (tertiary/aromatic N) is 2. The Morgan fingerprint density at radius 2 is 1.86 bits per heavy atom. The Labute approximate surface area is 222 Å². The third kappa shape index (κ3) is 3.55. The summed E-state index contributed by atoms with van der Waals surface area (Å²) < 4.78 is 41.5. The summed E-state index contributed by atoms with van der Waals surface area (Å²) >= 11 is 3.48. The smallest absolute Gasteiger partial charge is 0.261 e. The minimum Gasteiger partial charge on any atom is -0.495 e. The molecule has 0 amide bonds. The van der Waals surface area contributed by atoms with Crippen molar-refractivity contribution in [2.24, 2.45) is 5.92 Å². The van der Waals surface area contributed by atoms with Crippen molar-refractivity contribution in [3.05, 3.63) is 88.2 Å². The fourth-order valence-corrected chi connectivity index (χ4v) is 6.96. The monoisotopic (exact) mass is 572 g/mol. The van der Waals surface area contributed by atoms with Gasteiger partial charge in [-0.1, -0.05) is 58.4 Å². The van der Waals surface area contributed by atoms with Gasteiger partial charge in [-0.05, 0) is 23.3 Å². The van der Waals surface area contributed by atoms with E-state index in [-0.39, 0.29) is 26.1 Å². The number of pyridine rings is 1. The molecule has 5 atom stereocenters. The summed E-state index contributed by atoms with van der Waals surface area (Å²) in [6.45, 7) is 0.00124. The van der Waals surface area contributed by atoms with Crippen LogP contribution in [-0.4, -0.2) is 58.9 Å². The van der Waals surface area contributed by atoms with Gasteiger partial charge in [-0.15, -0.1) is 0 Å². The second-order valence-corrected chi connectivity index (χ2v) is 11.1. The molecule has 2 N–H and O–H groups in total. The first-order chi connectivity index (χ1) is 17.7. The average Bonchev–Trinajstić information content (AvgIpc) is 3.44. The maximum absolute atomic E-state index is 14.2. The SMILES string of the molecule is COc1cncc2c1[C@]1(O)[C@H](O)[C@H](CN3CCC(F)(F)C3)[C@@H](c3ccccc3)[C@]1(c1ccc(Br)cc1)O2. The number of ether oxygens (including phenoxy) is 2. The zero-order valence-corrected chi connectivity index (χ0v) is 21.7. The Balaban J connectivity index is 1.60. The number of hydrogen-bond acceptors (Lipinski definition) is 6. The number of aromatic nitrogens is 1. The maximum Gasteiger partial charge on any atom is 0.261 e. The number of aliphatic hydroxyl groups is 2. The lowest BCUT2D eigenvalue weighted by atomic mass is 9.70. The number of methoxy groups -OCH3 is 1. The molecule has 0 radical (unpaired) electrons. The highest BCUT2D eigenvalue weighted by Gasteiger charge is 2.76. The van der Waals surface area contributed by atoms with Gasteiger partial charge in [0.1, 0.15) is 11.5 Å². The number of rotatable bonds is 5. The quantitative estimate of drug-likeness (QED) is 0.470. The lowest BCUT2D eigenvalue weighted by Crippen LogP contribution is -2.52. The fraction of sp³-hybridized carbons (Fsp3) is 0.393. The summed E-state index contributed by atoms with van der Waals surface area (Å²) in [6, 6.07) is 16.9. The molecule has 3 heterocycles. The maximum atomic E-state index is 14.2. The third-order valence-electron chi connectivity index (χ3n) is 8.16. The van der Waals surface area contributed by atoms with E-state index in [1.165, 1.54) is 19.5 Å². The highest BCUT2D eigenvalue weighted by atomic mass is 79.9. The topological polar surface area (TPSA) is 75.0 Å². The van der Waals surface area contributed by atoms with Crippen molar-refractivity contribution in [1.29, 1.82) is 0 Å². The summed E-state index contributed by atoms with van der Waals surface area (Å²) in [7, 11) is 1.47.